The van der Waals surface area contributed by atoms with Crippen LogP contribution in [-0.4, -0.2) is 32.5 Å². The zero-order chi connectivity index (χ0) is 19.5. The fourth-order valence-corrected chi connectivity index (χ4v) is 21.4. The normalized spacial score (nSPS) is 12.3. The molecule has 0 radical (unpaired) electrons. The van der Waals surface area contributed by atoms with Crippen LogP contribution >= 0.6 is 0 Å². The van der Waals surface area contributed by atoms with Gasteiger partial charge in [-0.3, -0.25) is 0 Å². The van der Waals surface area contributed by atoms with E-state index in [1.165, 1.54) is 55.4 Å². The Kier molecular flexibility index (Phi) is 11.2. The van der Waals surface area contributed by atoms with E-state index in [-0.39, 0.29) is 5.75 Å². The van der Waals surface area contributed by atoms with E-state index in [9.17, 15) is 8.42 Å². The minimum atomic E-state index is -3.20. The summed E-state index contributed by atoms with van der Waals surface area (Å²) in [5, 5.41) is 0. The van der Waals surface area contributed by atoms with Crippen molar-refractivity contribution in [1.82, 2.24) is 0 Å². The molecule has 0 unspecified atom stereocenters. The van der Waals surface area contributed by atoms with Crippen LogP contribution in [0, 0.1) is 0 Å². The van der Waals surface area contributed by atoms with Crippen molar-refractivity contribution in [2.24, 2.45) is 0 Å². The molecule has 2 nitrogen and oxygen atoms in total. The van der Waals surface area contributed by atoms with Gasteiger partial charge in [-0.05, 0) is 0 Å². The van der Waals surface area contributed by atoms with Crippen LogP contribution in [0.3, 0.4) is 0 Å². The zero-order valence-electron chi connectivity index (χ0n) is 17.1. The quantitative estimate of drug-likeness (QED) is 0.272. The van der Waals surface area contributed by atoms with Gasteiger partial charge in [-0.15, -0.1) is 0 Å². The second kappa shape index (κ2) is 12.2. The van der Waals surface area contributed by atoms with Gasteiger partial charge in [-0.1, -0.05) is 0 Å². The topological polar surface area (TPSA) is 34.1 Å². The van der Waals surface area contributed by atoms with Crippen LogP contribution in [0.25, 0.3) is 0 Å². The first-order valence-electron chi connectivity index (χ1n) is 10.4. The van der Waals surface area contributed by atoms with E-state index in [2.05, 4.69) is 27.4 Å². The number of sulfone groups is 1. The second-order valence-electron chi connectivity index (χ2n) is 7.58. The second-order valence-corrected chi connectivity index (χ2v) is 23.3. The summed E-state index contributed by atoms with van der Waals surface area (Å²) in [7, 11) is -3.20. The van der Waals surface area contributed by atoms with Crippen LogP contribution in [-0.2, 0) is 9.84 Å². The molecule has 0 spiro atoms. The molecule has 26 heavy (non-hydrogen) atoms. The Bertz CT molecular complexity index is 601. The van der Waals surface area contributed by atoms with Crippen molar-refractivity contribution >= 4 is 28.2 Å². The summed E-state index contributed by atoms with van der Waals surface area (Å²) < 4.78 is 30.8. The molecule has 0 aliphatic carbocycles. The Labute approximate surface area is 166 Å². The number of benzene rings is 1. The average molecular weight is 485 g/mol. The predicted octanol–water partition coefficient (Wildman–Crippen LogP) is 6.79. The van der Waals surface area contributed by atoms with E-state index < -0.39 is 28.2 Å². The van der Waals surface area contributed by atoms with Crippen molar-refractivity contribution in [3.63, 3.8) is 0 Å². The first-order valence-corrected chi connectivity index (χ1v) is 19.5. The first kappa shape index (κ1) is 23.7. The van der Waals surface area contributed by atoms with Crippen LogP contribution < -0.4 is 0 Å². The van der Waals surface area contributed by atoms with Gasteiger partial charge in [0.2, 0.25) is 0 Å². The van der Waals surface area contributed by atoms with Gasteiger partial charge in [0.25, 0.3) is 0 Å². The molecule has 4 heteroatoms. The van der Waals surface area contributed by atoms with Gasteiger partial charge < -0.3 is 0 Å². The molecule has 0 aliphatic rings. The summed E-state index contributed by atoms with van der Waals surface area (Å²) in [6.07, 6.45) is 8.21. The molecule has 1 rings (SSSR count). The van der Waals surface area contributed by atoms with E-state index in [0.717, 1.165) is 0 Å². The van der Waals surface area contributed by atoms with Crippen LogP contribution in [0.5, 0.6) is 0 Å². The van der Waals surface area contributed by atoms with E-state index in [4.69, 9.17) is 0 Å². The molecule has 148 valence electrons. The van der Waals surface area contributed by atoms with Crippen molar-refractivity contribution in [1.29, 1.82) is 0 Å². The Morgan fingerprint density at radius 3 is 1.77 bits per heavy atom. The number of allylic oxidation sites excluding steroid dienone is 1. The molecule has 1 aromatic rings. The monoisotopic (exact) mass is 486 g/mol. The molecule has 0 atom stereocenters. The molecule has 0 saturated carbocycles. The molecule has 0 heterocycles. The maximum absolute atomic E-state index is 12.7. The van der Waals surface area contributed by atoms with E-state index in [1.54, 1.807) is 24.3 Å². The van der Waals surface area contributed by atoms with E-state index in [1.807, 2.05) is 6.07 Å². The van der Waals surface area contributed by atoms with Crippen LogP contribution in [0.2, 0.25) is 13.3 Å². The minimum absolute atomic E-state index is 0.221. The van der Waals surface area contributed by atoms with Crippen LogP contribution in [0.15, 0.2) is 45.4 Å². The Morgan fingerprint density at radius 2 is 1.35 bits per heavy atom. The van der Waals surface area contributed by atoms with Gasteiger partial charge >= 0.3 is 167 Å². The molecule has 0 bridgehead atoms. The van der Waals surface area contributed by atoms with Gasteiger partial charge in [0, 0.05) is 0 Å². The zero-order valence-corrected chi connectivity index (χ0v) is 20.8. The fraction of sp³-hybridized carbons (Fsp3) is 0.636. The molecule has 0 N–H and O–H groups in total. The SMILES string of the molecule is C=[C](CCS(=O)(=O)c1ccccc1)[Sn]([CH2]CCC)([CH2]CCC)[CH2]CCC. The molecule has 0 aliphatic heterocycles. The fourth-order valence-electron chi connectivity index (χ4n) is 3.72. The molecular weight excluding hydrogens is 447 g/mol. The summed E-state index contributed by atoms with van der Waals surface area (Å²) in [6, 6.07) is 8.88. The van der Waals surface area contributed by atoms with Crippen LogP contribution in [0.4, 0.5) is 0 Å². The van der Waals surface area contributed by atoms with Gasteiger partial charge in [-0.25, -0.2) is 0 Å². The average Bonchev–Trinajstić information content (AvgIpc) is 2.66. The molecule has 0 aromatic heterocycles. The standard InChI is InChI=1S/C10H11O2S.3C4H9.Sn/c1-2-3-9-13(11,12)10-7-5-4-6-8-10;3*1-3-4-2;/h4-8H,1,3,9H2;3*1,3-4H2,2H3;. The van der Waals surface area contributed by atoms with Crippen molar-refractivity contribution in [2.45, 2.75) is 83.9 Å². The Balaban J connectivity index is 2.91. The van der Waals surface area contributed by atoms with Gasteiger partial charge in [0.15, 0.2) is 0 Å². The Hall–Kier alpha value is -0.291. The van der Waals surface area contributed by atoms with Crippen molar-refractivity contribution in [3.8, 4) is 0 Å². The summed E-state index contributed by atoms with van der Waals surface area (Å²) in [6.45, 7) is 11.3. The van der Waals surface area contributed by atoms with Gasteiger partial charge in [0.05, 0.1) is 0 Å². The first-order chi connectivity index (χ1) is 12.4. The molecule has 1 aromatic carbocycles. The van der Waals surface area contributed by atoms with Crippen molar-refractivity contribution in [2.75, 3.05) is 5.75 Å². The molecule has 0 amide bonds. The number of hydrogen-bond acceptors (Lipinski definition) is 2. The van der Waals surface area contributed by atoms with Gasteiger partial charge in [-0.2, -0.15) is 0 Å². The summed E-state index contributed by atoms with van der Waals surface area (Å²) in [5.41, 5.74) is 0. The molecule has 0 fully saturated rings. The van der Waals surface area contributed by atoms with Gasteiger partial charge in [0.1, 0.15) is 0 Å². The van der Waals surface area contributed by atoms with E-state index >= 15 is 0 Å². The number of hydrogen-bond donors (Lipinski definition) is 0. The summed E-state index contributed by atoms with van der Waals surface area (Å²) in [5.74, 6) is 0.221. The number of rotatable bonds is 14. The third-order valence-corrected chi connectivity index (χ3v) is 23.5. The van der Waals surface area contributed by atoms with Crippen molar-refractivity contribution < 1.29 is 8.42 Å². The number of unbranched alkanes of at least 4 members (excludes halogenated alkanes) is 3. The maximum atomic E-state index is 12.7. The van der Waals surface area contributed by atoms with E-state index in [0.29, 0.717) is 11.3 Å². The van der Waals surface area contributed by atoms with Crippen molar-refractivity contribution in [3.05, 3.63) is 40.5 Å². The molecular formula is C22H38O2SSn. The summed E-state index contributed by atoms with van der Waals surface area (Å²) >= 11 is -2.51. The third kappa shape index (κ3) is 7.38. The third-order valence-electron chi connectivity index (χ3n) is 5.55. The molecule has 0 saturated heterocycles. The summed E-state index contributed by atoms with van der Waals surface area (Å²) in [4.78, 5) is 0.448. The Morgan fingerprint density at radius 1 is 0.885 bits per heavy atom. The predicted molar refractivity (Wildman–Crippen MR) is 117 cm³/mol. The van der Waals surface area contributed by atoms with Crippen LogP contribution in [0.1, 0.15) is 65.7 Å².